The number of fused-ring (bicyclic) bond motifs is 2. The van der Waals surface area contributed by atoms with Gasteiger partial charge in [0.05, 0.1) is 12.6 Å². The number of methoxy groups -OCH3 is 1. The number of benzene rings is 1. The summed E-state index contributed by atoms with van der Waals surface area (Å²) in [4.78, 5) is 29.6. The highest BCUT2D eigenvalue weighted by atomic mass is 35.5. The van der Waals surface area contributed by atoms with E-state index in [0.29, 0.717) is 26.1 Å². The number of nitrogens with zero attached hydrogens (tertiary/aromatic N) is 1. The third kappa shape index (κ3) is 3.83. The molecule has 1 aromatic rings. The number of ketones is 1. The number of aliphatic hydroxyl groups is 1. The quantitative estimate of drug-likeness (QED) is 0.275. The van der Waals surface area contributed by atoms with E-state index >= 15 is 0 Å². The van der Waals surface area contributed by atoms with Crippen LogP contribution < -0.4 is 0 Å². The molecule has 1 heterocycles. The Hall–Kier alpha value is -2.22. The number of amides is 1. The Bertz CT molecular complexity index is 1410. The van der Waals surface area contributed by atoms with Gasteiger partial charge in [-0.1, -0.05) is 49.7 Å². The van der Waals surface area contributed by atoms with Gasteiger partial charge in [0.2, 0.25) is 0 Å². The van der Waals surface area contributed by atoms with E-state index in [-0.39, 0.29) is 51.5 Å². The molecule has 6 nitrogen and oxygen atoms in total. The first-order valence-corrected chi connectivity index (χ1v) is 16.4. The van der Waals surface area contributed by atoms with E-state index in [1.54, 1.807) is 19.2 Å². The molecule has 8 atom stereocenters. The van der Waals surface area contributed by atoms with Gasteiger partial charge >= 0.3 is 6.09 Å². The van der Waals surface area contributed by atoms with E-state index in [0.717, 1.165) is 50.5 Å². The molecule has 232 valence electrons. The van der Waals surface area contributed by atoms with Crippen LogP contribution in [0.4, 0.5) is 9.18 Å². The van der Waals surface area contributed by atoms with Crippen molar-refractivity contribution in [2.75, 3.05) is 26.8 Å². The van der Waals surface area contributed by atoms with Crippen molar-refractivity contribution in [3.8, 4) is 0 Å². The Balaban J connectivity index is 1.32. The molecule has 1 amide bonds. The number of carbonyl (C=O) groups is 2. The molecule has 2 bridgehead atoms. The number of hydrogen-bond donors (Lipinski definition) is 1. The van der Waals surface area contributed by atoms with Crippen LogP contribution >= 0.6 is 11.6 Å². The van der Waals surface area contributed by atoms with Crippen LogP contribution in [-0.4, -0.2) is 60.4 Å². The molecule has 43 heavy (non-hydrogen) atoms. The van der Waals surface area contributed by atoms with Crippen molar-refractivity contribution in [1.82, 2.24) is 4.90 Å². The number of rotatable bonds is 7. The zero-order chi connectivity index (χ0) is 30.4. The van der Waals surface area contributed by atoms with Crippen LogP contribution in [-0.2, 0) is 20.7 Å². The number of aliphatic hydroxyl groups excluding tert-OH is 1. The largest absolute Gasteiger partial charge is 0.440 e. The second kappa shape index (κ2) is 9.89. The number of hydrogen-bond acceptors (Lipinski definition) is 5. The minimum absolute atomic E-state index is 0.0787. The van der Waals surface area contributed by atoms with Crippen LogP contribution in [0.25, 0.3) is 0 Å². The van der Waals surface area contributed by atoms with Crippen molar-refractivity contribution in [3.05, 3.63) is 58.4 Å². The first kappa shape index (κ1) is 29.5. The predicted octanol–water partition coefficient (Wildman–Crippen LogP) is 6.68. The summed E-state index contributed by atoms with van der Waals surface area (Å²) in [6.07, 6.45) is 12.4. The van der Waals surface area contributed by atoms with Gasteiger partial charge in [-0.05, 0) is 80.8 Å². The second-order valence-electron chi connectivity index (χ2n) is 14.7. The van der Waals surface area contributed by atoms with Gasteiger partial charge in [0.15, 0.2) is 5.78 Å². The molecule has 3 spiro atoms. The second-order valence-corrected chi connectivity index (χ2v) is 15.1. The molecule has 7 aliphatic rings. The van der Waals surface area contributed by atoms with Crippen LogP contribution in [0.3, 0.4) is 0 Å². The van der Waals surface area contributed by atoms with E-state index in [4.69, 9.17) is 21.1 Å². The molecule has 1 aromatic carbocycles. The number of allylic oxidation sites excluding steroid dienone is 4. The zero-order valence-electron chi connectivity index (χ0n) is 25.5. The number of ether oxygens (including phenoxy) is 2. The highest BCUT2D eigenvalue weighted by molar-refractivity contribution is 6.31. The normalized spacial score (nSPS) is 42.5. The average molecular weight is 612 g/mol. The Morgan fingerprint density at radius 3 is 2.65 bits per heavy atom. The summed E-state index contributed by atoms with van der Waals surface area (Å²) in [7, 11) is 1.67. The maximum absolute atomic E-state index is 15.0. The summed E-state index contributed by atoms with van der Waals surface area (Å²) >= 11 is 6.42. The number of Topliss-reactive ketones (excluding diaryl/α,β-unsaturated/α-hetero) is 1. The van der Waals surface area contributed by atoms with Gasteiger partial charge in [-0.2, -0.15) is 0 Å². The molecule has 8 heteroatoms. The van der Waals surface area contributed by atoms with Crippen LogP contribution in [0.1, 0.15) is 70.8 Å². The maximum atomic E-state index is 15.0. The minimum Gasteiger partial charge on any atom is -0.440 e. The summed E-state index contributed by atoms with van der Waals surface area (Å²) in [5.41, 5.74) is -1.07. The van der Waals surface area contributed by atoms with Gasteiger partial charge < -0.3 is 19.5 Å². The Morgan fingerprint density at radius 1 is 1.14 bits per heavy atom. The molecule has 1 aliphatic heterocycles. The van der Waals surface area contributed by atoms with Gasteiger partial charge in [0.25, 0.3) is 0 Å². The molecule has 8 rings (SSSR count). The third-order valence-corrected chi connectivity index (χ3v) is 13.5. The van der Waals surface area contributed by atoms with E-state index in [1.807, 2.05) is 4.90 Å². The van der Waals surface area contributed by atoms with Crippen molar-refractivity contribution in [2.24, 2.45) is 33.5 Å². The van der Waals surface area contributed by atoms with Crippen LogP contribution in [0.15, 0.2) is 42.0 Å². The van der Waals surface area contributed by atoms with Crippen molar-refractivity contribution in [1.29, 1.82) is 0 Å². The molecule has 4 fully saturated rings. The molecule has 3 saturated carbocycles. The predicted molar refractivity (Wildman–Crippen MR) is 161 cm³/mol. The molecule has 6 aliphatic carbocycles. The highest BCUT2D eigenvalue weighted by Crippen LogP contribution is 2.79. The van der Waals surface area contributed by atoms with E-state index in [2.05, 4.69) is 32.1 Å². The smallest absolute Gasteiger partial charge is 0.410 e. The van der Waals surface area contributed by atoms with Crippen LogP contribution in [0.5, 0.6) is 0 Å². The molecule has 0 radical (unpaired) electrons. The van der Waals surface area contributed by atoms with Crippen molar-refractivity contribution in [3.63, 3.8) is 0 Å². The van der Waals surface area contributed by atoms with Crippen molar-refractivity contribution in [2.45, 2.75) is 83.3 Å². The standard InChI is InChI=1S/C35H43ClFNO5/c1-31-11-8-22(39)19-33(31)14-15-35(24(20-33)27(40)18-23-25(36)6-4-7-26(23)37)28(31)9-12-32(2)29(35)10-13-34(32)21-38(30(41)43-34)16-5-17-42-3/h4,6-7,14-15,20,22,28-29,39H,5,8-13,16-19,21H2,1-3H3/t22-,28+,29+,31+,32-,33-,34+,35+/m0/s1. The van der Waals surface area contributed by atoms with Crippen molar-refractivity contribution < 1.29 is 28.6 Å². The Kier molecular flexibility index (Phi) is 6.78. The highest BCUT2D eigenvalue weighted by Gasteiger charge is 2.76. The van der Waals surface area contributed by atoms with Gasteiger partial charge in [-0.25, -0.2) is 9.18 Å². The van der Waals surface area contributed by atoms with E-state index < -0.39 is 28.4 Å². The Labute approximate surface area is 258 Å². The zero-order valence-corrected chi connectivity index (χ0v) is 26.2. The first-order valence-electron chi connectivity index (χ1n) is 16.0. The SMILES string of the molecule is COCCCN1C[C@@]2(CC[C@H]3[C@]45C=C[C@@]6(C=C4C(=O)Cc4c(F)cccc4Cl)C[C@@H](O)CC[C@]6(C)[C@H]5CC[C@@]32C)OC1=O. The van der Waals surface area contributed by atoms with Gasteiger partial charge in [-0.3, -0.25) is 4.79 Å². The van der Waals surface area contributed by atoms with Gasteiger partial charge in [0.1, 0.15) is 11.4 Å². The lowest BCUT2D eigenvalue weighted by Gasteiger charge is -2.71. The fourth-order valence-corrected chi connectivity index (χ4v) is 11.2. The maximum Gasteiger partial charge on any atom is 0.410 e. The number of halogens is 2. The van der Waals surface area contributed by atoms with Crippen LogP contribution in [0.2, 0.25) is 5.02 Å². The third-order valence-electron chi connectivity index (χ3n) is 13.1. The lowest BCUT2D eigenvalue weighted by atomic mass is 9.32. The Morgan fingerprint density at radius 2 is 1.88 bits per heavy atom. The first-order chi connectivity index (χ1) is 20.5. The van der Waals surface area contributed by atoms with E-state index in [1.165, 1.54) is 6.07 Å². The summed E-state index contributed by atoms with van der Waals surface area (Å²) in [6.45, 7) is 6.39. The summed E-state index contributed by atoms with van der Waals surface area (Å²) in [5.74, 6) is -0.295. The molecule has 1 saturated heterocycles. The topological polar surface area (TPSA) is 76.1 Å². The number of carbonyl (C=O) groups excluding carboxylic acids is 2. The molecule has 0 aromatic heterocycles. The summed E-state index contributed by atoms with van der Waals surface area (Å²) in [6, 6.07) is 4.55. The fourth-order valence-electron chi connectivity index (χ4n) is 11.0. The fraction of sp³-hybridized carbons (Fsp3) is 0.657. The molecular weight excluding hydrogens is 569 g/mol. The van der Waals surface area contributed by atoms with Crippen molar-refractivity contribution >= 4 is 23.5 Å². The molecular formula is C35H43ClFNO5. The lowest BCUT2D eigenvalue weighted by molar-refractivity contribution is -0.168. The molecule has 1 N–H and O–H groups in total. The summed E-state index contributed by atoms with van der Waals surface area (Å²) in [5, 5.41) is 11.1. The van der Waals surface area contributed by atoms with Crippen LogP contribution in [0, 0.1) is 39.3 Å². The van der Waals surface area contributed by atoms with Gasteiger partial charge in [0, 0.05) is 59.1 Å². The molecule has 0 unspecified atom stereocenters. The average Bonchev–Trinajstić information content (AvgIpc) is 3.45. The van der Waals surface area contributed by atoms with Gasteiger partial charge in [-0.15, -0.1) is 0 Å². The monoisotopic (exact) mass is 611 g/mol. The van der Waals surface area contributed by atoms with E-state index in [9.17, 15) is 19.1 Å². The lowest BCUT2D eigenvalue weighted by Crippen LogP contribution is -2.67. The summed E-state index contributed by atoms with van der Waals surface area (Å²) < 4.78 is 26.6. The minimum atomic E-state index is -0.617.